The van der Waals surface area contributed by atoms with E-state index in [-0.39, 0.29) is 6.04 Å². The molecule has 0 fully saturated rings. The lowest BCUT2D eigenvalue weighted by Crippen LogP contribution is -2.04. The van der Waals surface area contributed by atoms with Gasteiger partial charge in [0.2, 0.25) is 5.82 Å². The molecule has 0 saturated carbocycles. The van der Waals surface area contributed by atoms with Gasteiger partial charge in [0.05, 0.1) is 27.8 Å². The summed E-state index contributed by atoms with van der Waals surface area (Å²) in [6.45, 7) is 3.94. The fraction of sp³-hybridized carbons (Fsp3) is 0.231. The van der Waals surface area contributed by atoms with E-state index in [9.17, 15) is 0 Å². The van der Waals surface area contributed by atoms with Crippen LogP contribution in [0.1, 0.15) is 19.9 Å². The van der Waals surface area contributed by atoms with Gasteiger partial charge in [0.15, 0.2) is 0 Å². The second-order valence-electron chi connectivity index (χ2n) is 4.89. The van der Waals surface area contributed by atoms with Crippen LogP contribution >= 0.6 is 35.8 Å². The maximum atomic E-state index is 6.21. The first-order valence-corrected chi connectivity index (χ1v) is 7.70. The third-order valence-electron chi connectivity index (χ3n) is 3.02. The molecule has 0 aliphatic heterocycles. The standard InChI is InChI=1S/C13H12Cl2N6S/c1-7(2)21-18-12(17-19-21)8-6-16-20(13(8)22)11-9(14)4-3-5-10(11)15/h3-7,22H,1-2H3. The van der Waals surface area contributed by atoms with E-state index in [0.29, 0.717) is 32.1 Å². The largest absolute Gasteiger partial charge is 0.224 e. The van der Waals surface area contributed by atoms with Gasteiger partial charge in [-0.25, -0.2) is 4.68 Å². The molecule has 114 valence electrons. The maximum Gasteiger partial charge on any atom is 0.209 e. The lowest BCUT2D eigenvalue weighted by molar-refractivity contribution is 0.455. The zero-order chi connectivity index (χ0) is 15.9. The molecule has 3 aromatic rings. The van der Waals surface area contributed by atoms with Crippen LogP contribution < -0.4 is 0 Å². The molecular weight excluding hydrogens is 343 g/mol. The Balaban J connectivity index is 2.09. The Morgan fingerprint density at radius 3 is 2.45 bits per heavy atom. The molecular formula is C13H12Cl2N6S. The molecule has 1 aromatic carbocycles. The second kappa shape index (κ2) is 5.91. The van der Waals surface area contributed by atoms with Gasteiger partial charge in [-0.05, 0) is 31.2 Å². The van der Waals surface area contributed by atoms with Gasteiger partial charge >= 0.3 is 0 Å². The number of halogens is 2. The molecule has 0 radical (unpaired) electrons. The van der Waals surface area contributed by atoms with Gasteiger partial charge in [0.25, 0.3) is 0 Å². The third kappa shape index (κ3) is 2.60. The summed E-state index contributed by atoms with van der Waals surface area (Å²) in [6.07, 6.45) is 1.61. The Bertz CT molecular complexity index is 806. The topological polar surface area (TPSA) is 61.4 Å². The Morgan fingerprint density at radius 2 is 1.86 bits per heavy atom. The van der Waals surface area contributed by atoms with E-state index in [1.54, 1.807) is 29.1 Å². The Labute approximate surface area is 142 Å². The van der Waals surface area contributed by atoms with E-state index >= 15 is 0 Å². The van der Waals surface area contributed by atoms with Gasteiger partial charge in [-0.3, -0.25) is 0 Å². The number of thiol groups is 1. The van der Waals surface area contributed by atoms with Gasteiger partial charge in [0, 0.05) is 0 Å². The molecule has 22 heavy (non-hydrogen) atoms. The van der Waals surface area contributed by atoms with E-state index in [1.165, 1.54) is 4.80 Å². The molecule has 0 unspecified atom stereocenters. The summed E-state index contributed by atoms with van der Waals surface area (Å²) in [6, 6.07) is 5.37. The van der Waals surface area contributed by atoms with Crippen molar-refractivity contribution in [3.05, 3.63) is 34.4 Å². The van der Waals surface area contributed by atoms with Crippen molar-refractivity contribution in [3.8, 4) is 17.1 Å². The van der Waals surface area contributed by atoms with Crippen LogP contribution in [-0.2, 0) is 0 Å². The van der Waals surface area contributed by atoms with Crippen molar-refractivity contribution in [2.24, 2.45) is 0 Å². The number of nitrogens with zero attached hydrogens (tertiary/aromatic N) is 6. The normalized spacial score (nSPS) is 11.4. The van der Waals surface area contributed by atoms with Gasteiger partial charge in [-0.15, -0.1) is 22.8 Å². The van der Waals surface area contributed by atoms with Gasteiger partial charge in [0.1, 0.15) is 10.7 Å². The summed E-state index contributed by atoms with van der Waals surface area (Å²) in [7, 11) is 0. The monoisotopic (exact) mass is 354 g/mol. The van der Waals surface area contributed by atoms with Crippen LogP contribution in [0.4, 0.5) is 0 Å². The average Bonchev–Trinajstić information content (AvgIpc) is 3.06. The van der Waals surface area contributed by atoms with Crippen LogP contribution in [0.15, 0.2) is 29.4 Å². The molecule has 2 heterocycles. The van der Waals surface area contributed by atoms with Gasteiger partial charge < -0.3 is 0 Å². The zero-order valence-electron chi connectivity index (χ0n) is 11.8. The number of aromatic nitrogens is 6. The minimum absolute atomic E-state index is 0.123. The molecule has 0 aliphatic carbocycles. The highest BCUT2D eigenvalue weighted by molar-refractivity contribution is 7.80. The van der Waals surface area contributed by atoms with Crippen molar-refractivity contribution in [1.82, 2.24) is 30.0 Å². The first-order chi connectivity index (χ1) is 10.5. The number of para-hydroxylation sites is 1. The highest BCUT2D eigenvalue weighted by Crippen LogP contribution is 2.33. The summed E-state index contributed by atoms with van der Waals surface area (Å²) < 4.78 is 1.55. The highest BCUT2D eigenvalue weighted by Gasteiger charge is 2.18. The number of benzene rings is 1. The van der Waals surface area contributed by atoms with Crippen molar-refractivity contribution in [3.63, 3.8) is 0 Å². The second-order valence-corrected chi connectivity index (χ2v) is 6.13. The smallest absolute Gasteiger partial charge is 0.209 e. The molecule has 0 saturated heterocycles. The lowest BCUT2D eigenvalue weighted by atomic mass is 10.3. The molecule has 0 bridgehead atoms. The minimum atomic E-state index is 0.123. The van der Waals surface area contributed by atoms with Crippen LogP contribution in [0.3, 0.4) is 0 Å². The van der Waals surface area contributed by atoms with Crippen molar-refractivity contribution in [1.29, 1.82) is 0 Å². The summed E-state index contributed by atoms with van der Waals surface area (Å²) >= 11 is 16.9. The van der Waals surface area contributed by atoms with Crippen molar-refractivity contribution in [2.45, 2.75) is 24.9 Å². The van der Waals surface area contributed by atoms with Crippen molar-refractivity contribution < 1.29 is 0 Å². The van der Waals surface area contributed by atoms with Gasteiger partial charge in [-0.1, -0.05) is 29.3 Å². The molecule has 0 N–H and O–H groups in total. The first kappa shape index (κ1) is 15.3. The summed E-state index contributed by atoms with van der Waals surface area (Å²) in [5.41, 5.74) is 1.23. The number of hydrogen-bond donors (Lipinski definition) is 1. The van der Waals surface area contributed by atoms with Crippen molar-refractivity contribution >= 4 is 35.8 Å². The summed E-state index contributed by atoms with van der Waals surface area (Å²) in [5, 5.41) is 18.2. The van der Waals surface area contributed by atoms with E-state index in [1.807, 2.05) is 13.8 Å². The molecule has 0 aliphatic rings. The van der Waals surface area contributed by atoms with Gasteiger partial charge in [-0.2, -0.15) is 9.90 Å². The minimum Gasteiger partial charge on any atom is -0.224 e. The van der Waals surface area contributed by atoms with Crippen molar-refractivity contribution in [2.75, 3.05) is 0 Å². The molecule has 0 amide bonds. The van der Waals surface area contributed by atoms with Crippen LogP contribution in [0.25, 0.3) is 17.1 Å². The van der Waals surface area contributed by atoms with Crippen LogP contribution in [0.2, 0.25) is 10.0 Å². The SMILES string of the molecule is CC(C)n1nnc(-c2cnn(-c3c(Cl)cccc3Cl)c2S)n1. The summed E-state index contributed by atoms with van der Waals surface area (Å²) in [4.78, 5) is 1.53. The number of tetrazole rings is 1. The highest BCUT2D eigenvalue weighted by atomic mass is 35.5. The number of hydrogen-bond acceptors (Lipinski definition) is 5. The Hall–Kier alpha value is -1.57. The maximum absolute atomic E-state index is 6.21. The molecule has 0 atom stereocenters. The predicted octanol–water partition coefficient (Wildman–Crippen LogP) is 3.70. The van der Waals surface area contributed by atoms with E-state index in [4.69, 9.17) is 23.2 Å². The molecule has 2 aromatic heterocycles. The lowest BCUT2D eigenvalue weighted by Gasteiger charge is -2.08. The zero-order valence-corrected chi connectivity index (χ0v) is 14.2. The molecule has 9 heteroatoms. The Kier molecular flexibility index (Phi) is 4.12. The fourth-order valence-electron chi connectivity index (χ4n) is 1.91. The van der Waals surface area contributed by atoms with Crippen LogP contribution in [-0.4, -0.2) is 30.0 Å². The van der Waals surface area contributed by atoms with E-state index < -0.39 is 0 Å². The van der Waals surface area contributed by atoms with Crippen LogP contribution in [0.5, 0.6) is 0 Å². The predicted molar refractivity (Wildman–Crippen MR) is 88.0 cm³/mol. The average molecular weight is 355 g/mol. The fourth-order valence-corrected chi connectivity index (χ4v) is 2.77. The van der Waals surface area contributed by atoms with E-state index in [0.717, 1.165) is 0 Å². The third-order valence-corrected chi connectivity index (χ3v) is 4.06. The Morgan fingerprint density at radius 1 is 1.18 bits per heavy atom. The van der Waals surface area contributed by atoms with E-state index in [2.05, 4.69) is 33.1 Å². The quantitative estimate of drug-likeness (QED) is 0.728. The molecule has 6 nitrogen and oxygen atoms in total. The molecule has 3 rings (SSSR count). The molecule has 0 spiro atoms. The van der Waals surface area contributed by atoms with Crippen LogP contribution in [0, 0.1) is 0 Å². The number of rotatable bonds is 3. The first-order valence-electron chi connectivity index (χ1n) is 6.50. The summed E-state index contributed by atoms with van der Waals surface area (Å²) in [5.74, 6) is 0.452.